The SMILES string of the molecule is CCCCCNCCn1c(=O)ccn(C)c1=O. The van der Waals surface area contributed by atoms with Gasteiger partial charge in [0.2, 0.25) is 0 Å². The fourth-order valence-electron chi connectivity index (χ4n) is 1.64. The Balaban J connectivity index is 2.45. The molecular formula is C12H21N3O2. The van der Waals surface area contributed by atoms with Crippen LogP contribution >= 0.6 is 0 Å². The summed E-state index contributed by atoms with van der Waals surface area (Å²) in [6.07, 6.45) is 5.04. The Bertz CT molecular complexity index is 448. The van der Waals surface area contributed by atoms with Gasteiger partial charge in [0.1, 0.15) is 0 Å². The van der Waals surface area contributed by atoms with E-state index in [1.807, 2.05) is 0 Å². The first-order valence-corrected chi connectivity index (χ1v) is 6.14. The minimum Gasteiger partial charge on any atom is -0.315 e. The molecule has 0 spiro atoms. The van der Waals surface area contributed by atoms with Crippen molar-refractivity contribution >= 4 is 0 Å². The maximum atomic E-state index is 11.7. The standard InChI is InChI=1S/C12H21N3O2/c1-3-4-5-7-13-8-10-15-11(16)6-9-14(2)12(15)17/h6,9,13H,3-5,7-8,10H2,1-2H3. The monoisotopic (exact) mass is 239 g/mol. The quantitative estimate of drug-likeness (QED) is 0.697. The summed E-state index contributed by atoms with van der Waals surface area (Å²) in [5, 5.41) is 3.23. The first-order chi connectivity index (χ1) is 8.16. The highest BCUT2D eigenvalue weighted by atomic mass is 16.2. The molecule has 1 heterocycles. The number of nitrogens with zero attached hydrogens (tertiary/aromatic N) is 2. The van der Waals surface area contributed by atoms with E-state index in [0.29, 0.717) is 13.1 Å². The Morgan fingerprint density at radius 3 is 2.71 bits per heavy atom. The van der Waals surface area contributed by atoms with Gasteiger partial charge >= 0.3 is 5.69 Å². The molecule has 0 aliphatic carbocycles. The van der Waals surface area contributed by atoms with Gasteiger partial charge in [-0.05, 0) is 13.0 Å². The van der Waals surface area contributed by atoms with Crippen molar-refractivity contribution in [2.45, 2.75) is 32.7 Å². The van der Waals surface area contributed by atoms with Crippen molar-refractivity contribution in [2.24, 2.45) is 7.05 Å². The largest absolute Gasteiger partial charge is 0.330 e. The van der Waals surface area contributed by atoms with Crippen LogP contribution in [0.5, 0.6) is 0 Å². The van der Waals surface area contributed by atoms with Gasteiger partial charge in [-0.1, -0.05) is 19.8 Å². The number of hydrogen-bond acceptors (Lipinski definition) is 3. The van der Waals surface area contributed by atoms with E-state index >= 15 is 0 Å². The first-order valence-electron chi connectivity index (χ1n) is 6.14. The number of unbranched alkanes of at least 4 members (excludes halogenated alkanes) is 2. The molecule has 0 saturated heterocycles. The number of rotatable bonds is 7. The van der Waals surface area contributed by atoms with Crippen LogP contribution in [0.15, 0.2) is 21.9 Å². The molecule has 5 nitrogen and oxygen atoms in total. The van der Waals surface area contributed by atoms with Gasteiger partial charge in [0.25, 0.3) is 5.56 Å². The van der Waals surface area contributed by atoms with Crippen LogP contribution < -0.4 is 16.6 Å². The molecule has 0 aliphatic heterocycles. The molecule has 1 rings (SSSR count). The number of aromatic nitrogens is 2. The van der Waals surface area contributed by atoms with Gasteiger partial charge in [0.05, 0.1) is 0 Å². The molecule has 1 N–H and O–H groups in total. The summed E-state index contributed by atoms with van der Waals surface area (Å²) in [6, 6.07) is 1.42. The highest BCUT2D eigenvalue weighted by Gasteiger charge is 2.01. The molecular weight excluding hydrogens is 218 g/mol. The third-order valence-electron chi connectivity index (χ3n) is 2.71. The molecule has 0 bridgehead atoms. The predicted octanol–water partition coefficient (Wildman–Crippen LogP) is 0.327. The summed E-state index contributed by atoms with van der Waals surface area (Å²) in [5.74, 6) is 0. The molecule has 5 heteroatoms. The van der Waals surface area contributed by atoms with E-state index < -0.39 is 0 Å². The lowest BCUT2D eigenvalue weighted by Gasteiger charge is -2.07. The third kappa shape index (κ3) is 4.19. The molecule has 17 heavy (non-hydrogen) atoms. The lowest BCUT2D eigenvalue weighted by molar-refractivity contribution is 0.532. The number of nitrogens with one attached hydrogen (secondary N) is 1. The minimum absolute atomic E-state index is 0.233. The summed E-state index contributed by atoms with van der Waals surface area (Å²) in [6.45, 7) is 4.18. The Hall–Kier alpha value is -1.36. The average Bonchev–Trinajstić information content (AvgIpc) is 2.32. The smallest absolute Gasteiger partial charge is 0.315 e. The van der Waals surface area contributed by atoms with E-state index in [0.717, 1.165) is 13.0 Å². The van der Waals surface area contributed by atoms with Crippen molar-refractivity contribution in [3.8, 4) is 0 Å². The van der Waals surface area contributed by atoms with Crippen LogP contribution in [0.25, 0.3) is 0 Å². The lowest BCUT2D eigenvalue weighted by Crippen LogP contribution is -2.40. The van der Waals surface area contributed by atoms with E-state index in [4.69, 9.17) is 0 Å². The van der Waals surface area contributed by atoms with Crippen molar-refractivity contribution in [1.82, 2.24) is 14.5 Å². The fraction of sp³-hybridized carbons (Fsp3) is 0.667. The highest BCUT2D eigenvalue weighted by molar-refractivity contribution is 4.85. The van der Waals surface area contributed by atoms with Crippen molar-refractivity contribution in [3.05, 3.63) is 33.1 Å². The van der Waals surface area contributed by atoms with Crippen LogP contribution in [0.2, 0.25) is 0 Å². The molecule has 0 amide bonds. The van der Waals surface area contributed by atoms with Gasteiger partial charge < -0.3 is 9.88 Å². The highest BCUT2D eigenvalue weighted by Crippen LogP contribution is 1.90. The zero-order chi connectivity index (χ0) is 12.7. The Labute approximate surface area is 101 Å². The summed E-state index contributed by atoms with van der Waals surface area (Å²) >= 11 is 0. The van der Waals surface area contributed by atoms with Gasteiger partial charge in [-0.15, -0.1) is 0 Å². The van der Waals surface area contributed by atoms with Gasteiger partial charge in [0, 0.05) is 32.4 Å². The predicted molar refractivity (Wildman–Crippen MR) is 68.3 cm³/mol. The zero-order valence-corrected chi connectivity index (χ0v) is 10.6. The molecule has 96 valence electrons. The van der Waals surface area contributed by atoms with E-state index in [1.54, 1.807) is 7.05 Å². The maximum Gasteiger partial charge on any atom is 0.330 e. The molecule has 1 aromatic rings. The molecule has 0 aromatic carbocycles. The lowest BCUT2D eigenvalue weighted by atomic mass is 10.2. The van der Waals surface area contributed by atoms with E-state index in [1.165, 1.54) is 34.2 Å². The summed E-state index contributed by atoms with van der Waals surface area (Å²) in [7, 11) is 1.65. The van der Waals surface area contributed by atoms with Crippen LogP contribution in [0, 0.1) is 0 Å². The van der Waals surface area contributed by atoms with Gasteiger partial charge in [0.15, 0.2) is 0 Å². The van der Waals surface area contributed by atoms with Crippen LogP contribution in [0.3, 0.4) is 0 Å². The topological polar surface area (TPSA) is 56.0 Å². The molecule has 0 radical (unpaired) electrons. The second-order valence-electron chi connectivity index (χ2n) is 4.16. The first kappa shape index (κ1) is 13.7. The number of aryl methyl sites for hydroxylation is 1. The molecule has 0 saturated carbocycles. The van der Waals surface area contributed by atoms with Crippen molar-refractivity contribution in [2.75, 3.05) is 13.1 Å². The van der Waals surface area contributed by atoms with Crippen LogP contribution in [-0.4, -0.2) is 22.2 Å². The van der Waals surface area contributed by atoms with Crippen LogP contribution in [0.1, 0.15) is 26.2 Å². The van der Waals surface area contributed by atoms with E-state index in [9.17, 15) is 9.59 Å². The van der Waals surface area contributed by atoms with E-state index in [-0.39, 0.29) is 11.2 Å². The number of hydrogen-bond donors (Lipinski definition) is 1. The van der Waals surface area contributed by atoms with Gasteiger partial charge in [-0.3, -0.25) is 9.36 Å². The second-order valence-corrected chi connectivity index (χ2v) is 4.16. The van der Waals surface area contributed by atoms with Crippen molar-refractivity contribution in [3.63, 3.8) is 0 Å². The van der Waals surface area contributed by atoms with Crippen molar-refractivity contribution < 1.29 is 0 Å². The Morgan fingerprint density at radius 2 is 2.00 bits per heavy atom. The third-order valence-corrected chi connectivity index (χ3v) is 2.71. The average molecular weight is 239 g/mol. The molecule has 1 aromatic heterocycles. The summed E-state index contributed by atoms with van der Waals surface area (Å²) in [4.78, 5) is 23.1. The van der Waals surface area contributed by atoms with E-state index in [2.05, 4.69) is 12.2 Å². The summed E-state index contributed by atoms with van der Waals surface area (Å²) in [5.41, 5.74) is -0.490. The zero-order valence-electron chi connectivity index (χ0n) is 10.6. The van der Waals surface area contributed by atoms with Gasteiger partial charge in [-0.2, -0.15) is 0 Å². The maximum absolute atomic E-state index is 11.7. The molecule has 0 atom stereocenters. The fourth-order valence-corrected chi connectivity index (χ4v) is 1.64. The molecule has 0 aliphatic rings. The normalized spacial score (nSPS) is 10.7. The Morgan fingerprint density at radius 1 is 1.24 bits per heavy atom. The minimum atomic E-state index is -0.257. The van der Waals surface area contributed by atoms with Crippen LogP contribution in [-0.2, 0) is 13.6 Å². The molecule has 0 fully saturated rings. The second kappa shape index (κ2) is 7.06. The van der Waals surface area contributed by atoms with Gasteiger partial charge in [-0.25, -0.2) is 4.79 Å². The Kier molecular flexibility index (Phi) is 5.69. The van der Waals surface area contributed by atoms with Crippen LogP contribution in [0.4, 0.5) is 0 Å². The summed E-state index contributed by atoms with van der Waals surface area (Å²) < 4.78 is 2.67. The molecule has 0 unspecified atom stereocenters. The van der Waals surface area contributed by atoms with Crippen molar-refractivity contribution in [1.29, 1.82) is 0 Å².